The molecule has 3 aliphatic carbocycles. The summed E-state index contributed by atoms with van der Waals surface area (Å²) < 4.78 is 0. The molecule has 0 unspecified atom stereocenters. The molecule has 25 heavy (non-hydrogen) atoms. The average molecular weight is 343 g/mol. The van der Waals surface area contributed by atoms with E-state index in [1.54, 1.807) is 0 Å². The van der Waals surface area contributed by atoms with E-state index >= 15 is 0 Å². The molecular weight excluding hydrogens is 308 g/mol. The molecule has 0 aliphatic heterocycles. The van der Waals surface area contributed by atoms with Crippen molar-refractivity contribution in [3.63, 3.8) is 0 Å². The van der Waals surface area contributed by atoms with E-state index in [9.17, 15) is 0 Å². The van der Waals surface area contributed by atoms with Gasteiger partial charge in [-0.2, -0.15) is 5.10 Å². The van der Waals surface area contributed by atoms with Crippen molar-refractivity contribution in [1.82, 2.24) is 15.5 Å². The van der Waals surface area contributed by atoms with E-state index in [0.29, 0.717) is 29.2 Å². The molecule has 3 aliphatic rings. The highest BCUT2D eigenvalue weighted by molar-refractivity contribution is 5.27. The Bertz CT molecular complexity index is 665. The Morgan fingerprint density at radius 3 is 2.88 bits per heavy atom. The lowest BCUT2D eigenvalue weighted by Crippen LogP contribution is -2.58. The molecule has 0 aromatic carbocycles. The third kappa shape index (κ3) is 2.37. The highest BCUT2D eigenvalue weighted by atomic mass is 15.1. The van der Waals surface area contributed by atoms with Gasteiger partial charge in [0.2, 0.25) is 0 Å². The lowest BCUT2D eigenvalue weighted by atomic mass is 9.51. The standard InChI is InChI=1S/C21H34N4/c1-13-5-6-16-19(23-4)17(7-8-20(13,16)2)21(3)10-14-12-24-25-18(14)9-15(21)11-22/h12,15-17,19,23H,1,5-11,22H2,2-4H3,(H,24,25)/t15-,16-,17-,19+,20-,21-/m1/s1. The predicted octanol–water partition coefficient (Wildman–Crippen LogP) is 3.06. The van der Waals surface area contributed by atoms with Crippen molar-refractivity contribution >= 4 is 0 Å². The zero-order chi connectivity index (χ0) is 17.8. The summed E-state index contributed by atoms with van der Waals surface area (Å²) in [4.78, 5) is 0. The Balaban J connectivity index is 1.69. The van der Waals surface area contributed by atoms with E-state index in [1.807, 2.05) is 6.20 Å². The zero-order valence-electron chi connectivity index (χ0n) is 16.1. The molecule has 0 amide bonds. The van der Waals surface area contributed by atoms with Crippen LogP contribution in [0.15, 0.2) is 18.3 Å². The first-order valence-corrected chi connectivity index (χ1v) is 10.0. The maximum absolute atomic E-state index is 6.28. The molecular formula is C21H34N4. The van der Waals surface area contributed by atoms with Gasteiger partial charge < -0.3 is 11.1 Å². The van der Waals surface area contributed by atoms with E-state index in [2.05, 4.69) is 43.0 Å². The molecule has 4 heteroatoms. The fourth-order valence-electron chi connectivity index (χ4n) is 6.68. The van der Waals surface area contributed by atoms with Gasteiger partial charge in [-0.25, -0.2) is 0 Å². The number of aromatic amines is 1. The fourth-order valence-corrected chi connectivity index (χ4v) is 6.68. The molecule has 0 spiro atoms. The third-order valence-electron chi connectivity index (χ3n) is 8.45. The number of rotatable bonds is 3. The maximum atomic E-state index is 6.28. The number of aromatic nitrogens is 2. The summed E-state index contributed by atoms with van der Waals surface area (Å²) in [5.74, 6) is 1.90. The van der Waals surface area contributed by atoms with Crippen molar-refractivity contribution in [1.29, 1.82) is 0 Å². The number of nitrogens with one attached hydrogen (secondary N) is 2. The summed E-state index contributed by atoms with van der Waals surface area (Å²) in [7, 11) is 2.16. The summed E-state index contributed by atoms with van der Waals surface area (Å²) in [5.41, 5.74) is 11.1. The molecule has 2 saturated carbocycles. The molecule has 1 aromatic heterocycles. The Labute approximate surface area is 152 Å². The fraction of sp³-hybridized carbons (Fsp3) is 0.762. The van der Waals surface area contributed by atoms with E-state index in [0.717, 1.165) is 19.4 Å². The van der Waals surface area contributed by atoms with Gasteiger partial charge in [0, 0.05) is 11.7 Å². The third-order valence-corrected chi connectivity index (χ3v) is 8.45. The molecule has 6 atom stereocenters. The largest absolute Gasteiger partial charge is 0.330 e. The maximum Gasteiger partial charge on any atom is 0.0522 e. The number of fused-ring (bicyclic) bond motifs is 2. The van der Waals surface area contributed by atoms with Crippen molar-refractivity contribution in [3.8, 4) is 0 Å². The number of nitrogens with two attached hydrogens (primary N) is 1. The van der Waals surface area contributed by atoms with Crippen LogP contribution in [-0.4, -0.2) is 29.8 Å². The molecule has 4 nitrogen and oxygen atoms in total. The quantitative estimate of drug-likeness (QED) is 0.740. The van der Waals surface area contributed by atoms with Crippen LogP contribution >= 0.6 is 0 Å². The van der Waals surface area contributed by atoms with Crippen molar-refractivity contribution in [2.75, 3.05) is 13.6 Å². The Hall–Kier alpha value is -1.13. The first kappa shape index (κ1) is 17.3. The second-order valence-electron chi connectivity index (χ2n) is 9.32. The van der Waals surface area contributed by atoms with E-state index in [-0.39, 0.29) is 5.41 Å². The zero-order valence-corrected chi connectivity index (χ0v) is 16.1. The topological polar surface area (TPSA) is 66.7 Å². The summed E-state index contributed by atoms with van der Waals surface area (Å²) in [6.45, 7) is 10.2. The van der Waals surface area contributed by atoms with Crippen LogP contribution in [-0.2, 0) is 12.8 Å². The summed E-state index contributed by atoms with van der Waals surface area (Å²) in [5, 5.41) is 11.3. The van der Waals surface area contributed by atoms with Crippen molar-refractivity contribution in [3.05, 3.63) is 29.6 Å². The van der Waals surface area contributed by atoms with Gasteiger partial charge in [0.25, 0.3) is 0 Å². The SMILES string of the molecule is C=C1CC[C@@H]2[C@H](NC)[C@H]([C@]3(C)Cc4cn[nH]c4C[C@@H]3CN)CC[C@]12C. The molecule has 4 rings (SSSR count). The number of nitrogens with zero attached hydrogens (tertiary/aromatic N) is 1. The van der Waals surface area contributed by atoms with Gasteiger partial charge in [-0.1, -0.05) is 26.0 Å². The van der Waals surface area contributed by atoms with E-state index in [1.165, 1.54) is 42.5 Å². The second-order valence-corrected chi connectivity index (χ2v) is 9.32. The smallest absolute Gasteiger partial charge is 0.0522 e. The minimum atomic E-state index is 0.241. The number of allylic oxidation sites excluding steroid dienone is 1. The van der Waals surface area contributed by atoms with Crippen molar-refractivity contribution < 1.29 is 0 Å². The van der Waals surface area contributed by atoms with Crippen molar-refractivity contribution in [2.24, 2.45) is 34.3 Å². The number of H-pyrrole nitrogens is 1. The Kier molecular flexibility index (Phi) is 4.12. The lowest BCUT2D eigenvalue weighted by Gasteiger charge is -2.56. The van der Waals surface area contributed by atoms with Crippen LogP contribution in [0.25, 0.3) is 0 Å². The molecule has 0 bridgehead atoms. The van der Waals surface area contributed by atoms with Gasteiger partial charge in [-0.15, -0.1) is 0 Å². The van der Waals surface area contributed by atoms with E-state index < -0.39 is 0 Å². The van der Waals surface area contributed by atoms with Gasteiger partial charge in [0.15, 0.2) is 0 Å². The Morgan fingerprint density at radius 2 is 2.16 bits per heavy atom. The van der Waals surface area contributed by atoms with Crippen LogP contribution in [0.4, 0.5) is 0 Å². The van der Waals surface area contributed by atoms with Gasteiger partial charge in [-0.05, 0) is 86.3 Å². The monoisotopic (exact) mass is 342 g/mol. The van der Waals surface area contributed by atoms with Crippen LogP contribution in [0.3, 0.4) is 0 Å². The highest BCUT2D eigenvalue weighted by Crippen LogP contribution is 2.60. The van der Waals surface area contributed by atoms with Gasteiger partial charge in [0.1, 0.15) is 0 Å². The molecule has 4 N–H and O–H groups in total. The molecule has 138 valence electrons. The summed E-state index contributed by atoms with van der Waals surface area (Å²) in [6, 6.07) is 0.561. The highest BCUT2D eigenvalue weighted by Gasteiger charge is 2.56. The van der Waals surface area contributed by atoms with Crippen LogP contribution in [0.2, 0.25) is 0 Å². The van der Waals surface area contributed by atoms with E-state index in [4.69, 9.17) is 5.73 Å². The average Bonchev–Trinajstić information content (AvgIpc) is 3.17. The lowest BCUT2D eigenvalue weighted by molar-refractivity contribution is -0.0181. The molecule has 0 radical (unpaired) electrons. The summed E-state index contributed by atoms with van der Waals surface area (Å²) in [6.07, 6.45) is 9.24. The molecule has 1 aromatic rings. The molecule has 0 saturated heterocycles. The van der Waals surface area contributed by atoms with Crippen LogP contribution in [0, 0.1) is 28.6 Å². The van der Waals surface area contributed by atoms with Gasteiger partial charge in [-0.3, -0.25) is 5.10 Å². The number of hydrogen-bond donors (Lipinski definition) is 3. The van der Waals surface area contributed by atoms with Gasteiger partial charge in [0.05, 0.1) is 6.20 Å². The molecule has 2 fully saturated rings. The first-order chi connectivity index (χ1) is 11.9. The van der Waals surface area contributed by atoms with Crippen LogP contribution in [0.1, 0.15) is 50.8 Å². The van der Waals surface area contributed by atoms with Gasteiger partial charge >= 0.3 is 0 Å². The normalized spacial score (nSPS) is 43.8. The molecule has 1 heterocycles. The predicted molar refractivity (Wildman–Crippen MR) is 102 cm³/mol. The van der Waals surface area contributed by atoms with Crippen molar-refractivity contribution in [2.45, 2.75) is 58.4 Å². The first-order valence-electron chi connectivity index (χ1n) is 10.0. The minimum absolute atomic E-state index is 0.241. The number of hydrogen-bond acceptors (Lipinski definition) is 3. The Morgan fingerprint density at radius 1 is 1.36 bits per heavy atom. The summed E-state index contributed by atoms with van der Waals surface area (Å²) >= 11 is 0. The van der Waals surface area contributed by atoms with Crippen LogP contribution in [0.5, 0.6) is 0 Å². The van der Waals surface area contributed by atoms with Crippen LogP contribution < -0.4 is 11.1 Å². The minimum Gasteiger partial charge on any atom is -0.330 e. The second kappa shape index (κ2) is 5.95.